The zero-order valence-electron chi connectivity index (χ0n) is 12.9. The zero-order chi connectivity index (χ0) is 18.7. The number of carbonyl (C=O) groups is 5. The highest BCUT2D eigenvalue weighted by molar-refractivity contribution is 8.13. The van der Waals surface area contributed by atoms with Crippen molar-refractivity contribution < 1.29 is 34.2 Å². The van der Waals surface area contributed by atoms with Gasteiger partial charge in [-0.05, 0) is 6.42 Å². The fraction of sp³-hybridized carbons (Fsp3) is 0.583. The summed E-state index contributed by atoms with van der Waals surface area (Å²) in [6, 6.07) is -2.37. The highest BCUT2D eigenvalue weighted by atomic mass is 32.2. The van der Waals surface area contributed by atoms with Crippen LogP contribution in [0, 0.1) is 0 Å². The number of thioether (sulfide) groups is 1. The average molecular weight is 364 g/mol. The van der Waals surface area contributed by atoms with Crippen LogP contribution < -0.4 is 21.7 Å². The van der Waals surface area contributed by atoms with E-state index in [1.54, 1.807) is 0 Å². The molecule has 2 unspecified atom stereocenters. The molecule has 7 N–H and O–H groups in total. The molecule has 136 valence electrons. The predicted octanol–water partition coefficient (Wildman–Crippen LogP) is -2.06. The minimum Gasteiger partial charge on any atom is -0.480 e. The molecule has 0 rings (SSSR count). The molecular formula is C12H20N4O7S. The molecule has 0 saturated carbocycles. The Hall–Kier alpha value is -2.34. The number of carbonyl (C=O) groups excluding carboxylic acids is 3. The summed E-state index contributed by atoms with van der Waals surface area (Å²) < 4.78 is 0. The molecule has 2 atom stereocenters. The number of carboxylic acid groups (broad SMARTS) is 2. The molecule has 0 heterocycles. The first-order valence-corrected chi connectivity index (χ1v) is 7.77. The molecule has 0 aromatic heterocycles. The fourth-order valence-electron chi connectivity index (χ4n) is 1.38. The van der Waals surface area contributed by atoms with Crippen LogP contribution in [-0.4, -0.2) is 70.6 Å². The van der Waals surface area contributed by atoms with Gasteiger partial charge in [-0.3, -0.25) is 24.0 Å². The van der Waals surface area contributed by atoms with Crippen molar-refractivity contribution in [3.05, 3.63) is 0 Å². The summed E-state index contributed by atoms with van der Waals surface area (Å²) in [6.45, 7) is -0.639. The van der Waals surface area contributed by atoms with Gasteiger partial charge in [0.15, 0.2) is 0 Å². The van der Waals surface area contributed by atoms with Gasteiger partial charge in [0, 0.05) is 19.2 Å². The van der Waals surface area contributed by atoms with E-state index in [2.05, 4.69) is 16.0 Å². The number of rotatable bonds is 10. The summed E-state index contributed by atoms with van der Waals surface area (Å²) in [4.78, 5) is 55.9. The Balaban J connectivity index is 4.63. The van der Waals surface area contributed by atoms with E-state index in [4.69, 9.17) is 15.9 Å². The minimum absolute atomic E-state index is 0.123. The van der Waals surface area contributed by atoms with E-state index < -0.39 is 47.6 Å². The van der Waals surface area contributed by atoms with Crippen LogP contribution >= 0.6 is 11.8 Å². The van der Waals surface area contributed by atoms with Gasteiger partial charge >= 0.3 is 11.9 Å². The van der Waals surface area contributed by atoms with Gasteiger partial charge < -0.3 is 31.9 Å². The maximum atomic E-state index is 11.9. The number of carboxylic acids is 2. The van der Waals surface area contributed by atoms with Crippen molar-refractivity contribution in [2.24, 2.45) is 5.73 Å². The molecule has 0 aliphatic rings. The molecule has 0 saturated heterocycles. The van der Waals surface area contributed by atoms with Crippen molar-refractivity contribution in [1.29, 1.82) is 0 Å². The first kappa shape index (κ1) is 21.7. The Morgan fingerprint density at radius 1 is 1.17 bits per heavy atom. The normalized spacial score (nSPS) is 12.6. The summed E-state index contributed by atoms with van der Waals surface area (Å²) in [5, 5.41) is 23.5. The second-order valence-electron chi connectivity index (χ2n) is 4.56. The molecule has 3 amide bonds. The first-order chi connectivity index (χ1) is 11.2. The van der Waals surface area contributed by atoms with E-state index in [9.17, 15) is 24.0 Å². The van der Waals surface area contributed by atoms with Crippen LogP contribution in [0.3, 0.4) is 0 Å². The lowest BCUT2D eigenvalue weighted by Gasteiger charge is -2.17. The summed E-state index contributed by atoms with van der Waals surface area (Å²) in [7, 11) is 1.39. The molecule has 0 spiro atoms. The van der Waals surface area contributed by atoms with E-state index in [0.717, 1.165) is 11.8 Å². The third-order valence-electron chi connectivity index (χ3n) is 2.65. The highest BCUT2D eigenvalue weighted by Crippen LogP contribution is 2.05. The van der Waals surface area contributed by atoms with Crippen molar-refractivity contribution in [3.8, 4) is 0 Å². The molecule has 0 radical (unpaired) electrons. The monoisotopic (exact) mass is 364 g/mol. The van der Waals surface area contributed by atoms with Crippen LogP contribution in [0.4, 0.5) is 4.79 Å². The molecule has 0 aliphatic carbocycles. The maximum absolute atomic E-state index is 11.9. The van der Waals surface area contributed by atoms with Gasteiger partial charge in [0.2, 0.25) is 11.8 Å². The van der Waals surface area contributed by atoms with Crippen molar-refractivity contribution in [2.45, 2.75) is 24.9 Å². The van der Waals surface area contributed by atoms with E-state index in [-0.39, 0.29) is 18.6 Å². The van der Waals surface area contributed by atoms with Gasteiger partial charge in [0.25, 0.3) is 5.24 Å². The van der Waals surface area contributed by atoms with Crippen LogP contribution in [0.1, 0.15) is 12.8 Å². The number of nitrogens with one attached hydrogen (secondary N) is 3. The molecular weight excluding hydrogens is 344 g/mol. The molecule has 0 aromatic rings. The molecule has 12 heteroatoms. The van der Waals surface area contributed by atoms with Crippen LogP contribution in [0.5, 0.6) is 0 Å². The maximum Gasteiger partial charge on any atom is 0.322 e. The minimum atomic E-state index is -1.26. The van der Waals surface area contributed by atoms with Crippen LogP contribution in [0.25, 0.3) is 0 Å². The number of hydrogen-bond donors (Lipinski definition) is 6. The summed E-state index contributed by atoms with van der Waals surface area (Å²) in [5.41, 5.74) is 5.27. The summed E-state index contributed by atoms with van der Waals surface area (Å²) in [6.07, 6.45) is -0.367. The number of nitrogens with two attached hydrogens (primary N) is 1. The summed E-state index contributed by atoms with van der Waals surface area (Å²) in [5.74, 6) is -4.06. The lowest BCUT2D eigenvalue weighted by Crippen LogP contribution is -2.49. The standard InChI is InChI=1S/C12H20N4O7S/c1-14-12(23)24-5-7(10(20)15-4-9(18)19)16-8(17)3-2-6(13)11(21)22/h6-7H,2-5,13H2,1H3,(H,14,23)(H,15,20)(H,16,17)(H,18,19)(H,21,22). The number of hydrogen-bond acceptors (Lipinski definition) is 7. The van der Waals surface area contributed by atoms with Crippen LogP contribution in [0.2, 0.25) is 0 Å². The molecule has 24 heavy (non-hydrogen) atoms. The van der Waals surface area contributed by atoms with Crippen molar-refractivity contribution in [3.63, 3.8) is 0 Å². The second kappa shape index (κ2) is 11.2. The Bertz CT molecular complexity index is 500. The van der Waals surface area contributed by atoms with Crippen LogP contribution in [-0.2, 0) is 19.2 Å². The lowest BCUT2D eigenvalue weighted by atomic mass is 10.1. The lowest BCUT2D eigenvalue weighted by molar-refractivity contribution is -0.139. The average Bonchev–Trinajstić information content (AvgIpc) is 2.53. The Morgan fingerprint density at radius 3 is 2.29 bits per heavy atom. The van der Waals surface area contributed by atoms with Gasteiger partial charge in [-0.15, -0.1) is 0 Å². The molecule has 0 fully saturated rings. The van der Waals surface area contributed by atoms with Crippen molar-refractivity contribution in [1.82, 2.24) is 16.0 Å². The van der Waals surface area contributed by atoms with E-state index in [1.165, 1.54) is 7.05 Å². The summed E-state index contributed by atoms with van der Waals surface area (Å²) >= 11 is 0.727. The Morgan fingerprint density at radius 2 is 1.79 bits per heavy atom. The van der Waals surface area contributed by atoms with E-state index >= 15 is 0 Å². The van der Waals surface area contributed by atoms with Crippen LogP contribution in [0.15, 0.2) is 0 Å². The smallest absolute Gasteiger partial charge is 0.322 e. The van der Waals surface area contributed by atoms with E-state index in [0.29, 0.717) is 0 Å². The largest absolute Gasteiger partial charge is 0.480 e. The number of amides is 3. The predicted molar refractivity (Wildman–Crippen MR) is 84.3 cm³/mol. The zero-order valence-corrected chi connectivity index (χ0v) is 13.7. The third kappa shape index (κ3) is 9.63. The van der Waals surface area contributed by atoms with Gasteiger partial charge in [-0.2, -0.15) is 0 Å². The molecule has 0 aromatic carbocycles. The quantitative estimate of drug-likeness (QED) is 0.253. The molecule has 0 aliphatic heterocycles. The Kier molecular flexibility index (Phi) is 10.1. The Labute approximate surface area is 141 Å². The topological polar surface area (TPSA) is 188 Å². The van der Waals surface area contributed by atoms with Gasteiger partial charge in [-0.25, -0.2) is 0 Å². The fourth-order valence-corrected chi connectivity index (χ4v) is 2.07. The van der Waals surface area contributed by atoms with Crippen molar-refractivity contribution >= 4 is 40.8 Å². The van der Waals surface area contributed by atoms with Gasteiger partial charge in [-0.1, -0.05) is 11.8 Å². The molecule has 0 bridgehead atoms. The second-order valence-corrected chi connectivity index (χ2v) is 5.56. The first-order valence-electron chi connectivity index (χ1n) is 6.79. The highest BCUT2D eigenvalue weighted by Gasteiger charge is 2.23. The SMILES string of the molecule is CNC(=O)SCC(NC(=O)CCC(N)C(=O)O)C(=O)NCC(=O)O. The van der Waals surface area contributed by atoms with Crippen molar-refractivity contribution in [2.75, 3.05) is 19.3 Å². The van der Waals surface area contributed by atoms with E-state index in [1.807, 2.05) is 0 Å². The molecule has 11 nitrogen and oxygen atoms in total. The number of aliphatic carboxylic acids is 2. The van der Waals surface area contributed by atoms with Gasteiger partial charge in [0.05, 0.1) is 0 Å². The third-order valence-corrected chi connectivity index (χ3v) is 3.62. The van der Waals surface area contributed by atoms with Gasteiger partial charge in [0.1, 0.15) is 18.6 Å².